The van der Waals surface area contributed by atoms with Gasteiger partial charge in [-0.25, -0.2) is 4.79 Å². The van der Waals surface area contributed by atoms with Gasteiger partial charge in [0.25, 0.3) is 0 Å². The molecule has 0 radical (unpaired) electrons. The largest absolute Gasteiger partial charge is 0.444 e. The summed E-state index contributed by atoms with van der Waals surface area (Å²) >= 11 is 0. The third-order valence-electron chi connectivity index (χ3n) is 4.55. The standard InChI is InChI=1S/C19H37N3O3/c1-13-9-14(2)11-22(10-13)19(7,8)12-20-16(23)15(3)21-17(24)25-18(4,5)6/h13-15H,9-12H2,1-8H3,(H,20,23)(H,21,24)/t13?,14?,15-/m1/s1. The maximum absolute atomic E-state index is 12.3. The van der Waals surface area contributed by atoms with Crippen molar-refractivity contribution < 1.29 is 14.3 Å². The predicted molar refractivity (Wildman–Crippen MR) is 100 cm³/mol. The Morgan fingerprint density at radius 1 is 1.12 bits per heavy atom. The fourth-order valence-corrected chi connectivity index (χ4v) is 3.28. The van der Waals surface area contributed by atoms with E-state index in [9.17, 15) is 9.59 Å². The van der Waals surface area contributed by atoms with E-state index < -0.39 is 17.7 Å². The molecule has 1 saturated heterocycles. The van der Waals surface area contributed by atoms with Crippen molar-refractivity contribution in [2.45, 2.75) is 79.0 Å². The highest BCUT2D eigenvalue weighted by Crippen LogP contribution is 2.26. The van der Waals surface area contributed by atoms with Crippen LogP contribution in [-0.2, 0) is 9.53 Å². The second-order valence-corrected chi connectivity index (χ2v) is 9.25. The van der Waals surface area contributed by atoms with Crippen LogP contribution in [0.3, 0.4) is 0 Å². The third kappa shape index (κ3) is 7.63. The second kappa shape index (κ2) is 8.39. The Hall–Kier alpha value is -1.30. The molecule has 2 unspecified atom stereocenters. The van der Waals surface area contributed by atoms with E-state index in [0.29, 0.717) is 18.4 Å². The van der Waals surface area contributed by atoms with E-state index in [-0.39, 0.29) is 11.4 Å². The van der Waals surface area contributed by atoms with Crippen LogP contribution in [0.2, 0.25) is 0 Å². The average molecular weight is 356 g/mol. The number of hydrogen-bond acceptors (Lipinski definition) is 4. The third-order valence-corrected chi connectivity index (χ3v) is 4.55. The van der Waals surface area contributed by atoms with E-state index in [1.54, 1.807) is 27.7 Å². The molecule has 146 valence electrons. The topological polar surface area (TPSA) is 70.7 Å². The summed E-state index contributed by atoms with van der Waals surface area (Å²) in [5, 5.41) is 5.55. The molecule has 6 heteroatoms. The number of hydrogen-bond donors (Lipinski definition) is 2. The summed E-state index contributed by atoms with van der Waals surface area (Å²) < 4.78 is 5.18. The van der Waals surface area contributed by atoms with E-state index in [4.69, 9.17) is 4.74 Å². The minimum atomic E-state index is -0.634. The predicted octanol–water partition coefficient (Wildman–Crippen LogP) is 2.77. The highest BCUT2D eigenvalue weighted by atomic mass is 16.6. The fourth-order valence-electron chi connectivity index (χ4n) is 3.28. The van der Waals surface area contributed by atoms with Crippen LogP contribution in [0, 0.1) is 11.8 Å². The van der Waals surface area contributed by atoms with Gasteiger partial charge >= 0.3 is 6.09 Å². The minimum absolute atomic E-state index is 0.121. The molecule has 3 atom stereocenters. The summed E-state index contributed by atoms with van der Waals surface area (Å²) in [6.45, 7) is 18.6. The number of ether oxygens (including phenoxy) is 1. The number of alkyl carbamates (subject to hydrolysis) is 1. The lowest BCUT2D eigenvalue weighted by molar-refractivity contribution is -0.123. The van der Waals surface area contributed by atoms with Crippen molar-refractivity contribution in [2.75, 3.05) is 19.6 Å². The molecule has 0 aromatic rings. The number of nitrogens with zero attached hydrogens (tertiary/aromatic N) is 1. The lowest BCUT2D eigenvalue weighted by Gasteiger charge is -2.45. The molecule has 0 aromatic carbocycles. The first-order valence-corrected chi connectivity index (χ1v) is 9.32. The molecular weight excluding hydrogens is 318 g/mol. The summed E-state index contributed by atoms with van der Waals surface area (Å²) in [6.07, 6.45) is 0.684. The molecule has 0 spiro atoms. The van der Waals surface area contributed by atoms with Crippen molar-refractivity contribution in [3.05, 3.63) is 0 Å². The van der Waals surface area contributed by atoms with Gasteiger partial charge in [0.2, 0.25) is 5.91 Å². The molecule has 25 heavy (non-hydrogen) atoms. The number of carbonyl (C=O) groups excluding carboxylic acids is 2. The van der Waals surface area contributed by atoms with Crippen molar-refractivity contribution >= 4 is 12.0 Å². The first-order chi connectivity index (χ1) is 11.3. The molecule has 2 N–H and O–H groups in total. The summed E-state index contributed by atoms with van der Waals surface area (Å²) in [7, 11) is 0. The first-order valence-electron chi connectivity index (χ1n) is 9.32. The highest BCUT2D eigenvalue weighted by molar-refractivity contribution is 5.85. The van der Waals surface area contributed by atoms with Crippen LogP contribution >= 0.6 is 0 Å². The number of piperidine rings is 1. The normalized spacial score (nSPS) is 23.7. The van der Waals surface area contributed by atoms with Crippen LogP contribution < -0.4 is 10.6 Å². The van der Waals surface area contributed by atoms with Crippen LogP contribution in [0.5, 0.6) is 0 Å². The number of amides is 2. The zero-order valence-corrected chi connectivity index (χ0v) is 17.2. The monoisotopic (exact) mass is 355 g/mol. The van der Waals surface area contributed by atoms with Crippen molar-refractivity contribution in [1.82, 2.24) is 15.5 Å². The molecule has 1 aliphatic rings. The second-order valence-electron chi connectivity index (χ2n) is 9.25. The number of likely N-dealkylation sites (tertiary alicyclic amines) is 1. The lowest BCUT2D eigenvalue weighted by atomic mass is 9.88. The SMILES string of the molecule is CC1CC(C)CN(C(C)(C)CNC(=O)[C@@H](C)NC(=O)OC(C)(C)C)C1. The van der Waals surface area contributed by atoms with Gasteiger partial charge in [0, 0.05) is 25.2 Å². The Balaban J connectivity index is 2.49. The molecule has 1 heterocycles. The Morgan fingerprint density at radius 3 is 2.12 bits per heavy atom. The molecule has 1 aliphatic heterocycles. The van der Waals surface area contributed by atoms with Crippen LogP contribution in [0.25, 0.3) is 0 Å². The van der Waals surface area contributed by atoms with Crippen LogP contribution in [0.15, 0.2) is 0 Å². The molecule has 0 aliphatic carbocycles. The van der Waals surface area contributed by atoms with Gasteiger partial charge in [-0.1, -0.05) is 13.8 Å². The summed E-state index contributed by atoms with van der Waals surface area (Å²) in [4.78, 5) is 26.5. The maximum Gasteiger partial charge on any atom is 0.408 e. The number of nitrogens with one attached hydrogen (secondary N) is 2. The van der Waals surface area contributed by atoms with Crippen LogP contribution in [0.1, 0.15) is 61.8 Å². The molecule has 0 aromatic heterocycles. The smallest absolute Gasteiger partial charge is 0.408 e. The Labute approximate surface area is 153 Å². The van der Waals surface area contributed by atoms with Gasteiger partial charge < -0.3 is 15.4 Å². The fraction of sp³-hybridized carbons (Fsp3) is 0.895. The first kappa shape index (κ1) is 21.7. The van der Waals surface area contributed by atoms with Crippen molar-refractivity contribution in [2.24, 2.45) is 11.8 Å². The van der Waals surface area contributed by atoms with Gasteiger partial charge in [0.15, 0.2) is 0 Å². The van der Waals surface area contributed by atoms with E-state index in [1.807, 2.05) is 0 Å². The van der Waals surface area contributed by atoms with Gasteiger partial charge in [-0.05, 0) is 59.8 Å². The van der Waals surface area contributed by atoms with Gasteiger partial charge in [0.05, 0.1) is 0 Å². The molecule has 1 rings (SSSR count). The molecule has 0 saturated carbocycles. The molecular formula is C19H37N3O3. The van der Waals surface area contributed by atoms with E-state index in [2.05, 4.69) is 43.2 Å². The van der Waals surface area contributed by atoms with Gasteiger partial charge in [0.1, 0.15) is 11.6 Å². The van der Waals surface area contributed by atoms with Gasteiger partial charge in [-0.15, -0.1) is 0 Å². The summed E-state index contributed by atoms with van der Waals surface area (Å²) in [6, 6.07) is -0.634. The number of rotatable bonds is 5. The van der Waals surface area contributed by atoms with Crippen LogP contribution in [-0.4, -0.2) is 53.7 Å². The quantitative estimate of drug-likeness (QED) is 0.795. The highest BCUT2D eigenvalue weighted by Gasteiger charge is 2.33. The molecule has 0 bridgehead atoms. The van der Waals surface area contributed by atoms with E-state index in [0.717, 1.165) is 13.1 Å². The Bertz CT molecular complexity index is 461. The molecule has 6 nitrogen and oxygen atoms in total. The van der Waals surface area contributed by atoms with E-state index >= 15 is 0 Å². The minimum Gasteiger partial charge on any atom is -0.444 e. The van der Waals surface area contributed by atoms with Crippen molar-refractivity contribution in [1.29, 1.82) is 0 Å². The Kier molecular flexibility index (Phi) is 7.29. The molecule has 1 fully saturated rings. The number of carbonyl (C=O) groups is 2. The van der Waals surface area contributed by atoms with Gasteiger partial charge in [-0.2, -0.15) is 0 Å². The average Bonchev–Trinajstić information content (AvgIpc) is 2.41. The van der Waals surface area contributed by atoms with Crippen molar-refractivity contribution in [3.63, 3.8) is 0 Å². The van der Waals surface area contributed by atoms with E-state index in [1.165, 1.54) is 6.42 Å². The molecule has 2 amide bonds. The maximum atomic E-state index is 12.3. The van der Waals surface area contributed by atoms with Crippen LogP contribution in [0.4, 0.5) is 4.79 Å². The zero-order valence-electron chi connectivity index (χ0n) is 17.2. The van der Waals surface area contributed by atoms with Crippen molar-refractivity contribution in [3.8, 4) is 0 Å². The summed E-state index contributed by atoms with van der Waals surface area (Å²) in [5.41, 5.74) is -0.700. The Morgan fingerprint density at radius 2 is 1.64 bits per heavy atom. The zero-order chi connectivity index (χ0) is 19.4. The summed E-state index contributed by atoms with van der Waals surface area (Å²) in [5.74, 6) is 1.15. The lowest BCUT2D eigenvalue weighted by Crippen LogP contribution is -2.57. The van der Waals surface area contributed by atoms with Gasteiger partial charge in [-0.3, -0.25) is 9.69 Å².